The second kappa shape index (κ2) is 6.80. The van der Waals surface area contributed by atoms with Gasteiger partial charge in [-0.15, -0.1) is 0 Å². The molecule has 7 heteroatoms. The lowest BCUT2D eigenvalue weighted by Crippen LogP contribution is -2.34. The van der Waals surface area contributed by atoms with Crippen molar-refractivity contribution in [3.63, 3.8) is 0 Å². The van der Waals surface area contributed by atoms with E-state index in [1.54, 1.807) is 36.5 Å². The highest BCUT2D eigenvalue weighted by atomic mass is 32.2. The van der Waals surface area contributed by atoms with Gasteiger partial charge in [-0.2, -0.15) is 4.31 Å². The summed E-state index contributed by atoms with van der Waals surface area (Å²) in [5.74, 6) is 0.103. The minimum Gasteiger partial charge on any atom is -0.334 e. The largest absolute Gasteiger partial charge is 0.334 e. The van der Waals surface area contributed by atoms with Crippen molar-refractivity contribution in [3.8, 4) is 0 Å². The van der Waals surface area contributed by atoms with Crippen LogP contribution in [0.15, 0.2) is 42.1 Å². The molecule has 1 atom stereocenters. The molecule has 0 saturated carbocycles. The average molecular weight is 336 g/mol. The molecule has 0 fully saturated rings. The van der Waals surface area contributed by atoms with Crippen molar-refractivity contribution in [2.45, 2.75) is 44.8 Å². The zero-order valence-electron chi connectivity index (χ0n) is 14.2. The summed E-state index contributed by atoms with van der Waals surface area (Å²) in [6.45, 7) is 7.95. The van der Waals surface area contributed by atoms with Crippen LogP contribution in [0.25, 0.3) is 0 Å². The molecule has 2 aromatic rings. The number of imidazole rings is 1. The molecule has 0 bridgehead atoms. The fourth-order valence-corrected chi connectivity index (χ4v) is 3.99. The van der Waals surface area contributed by atoms with E-state index in [0.29, 0.717) is 0 Å². The Morgan fingerprint density at radius 1 is 1.22 bits per heavy atom. The molecule has 0 aromatic carbocycles. The van der Waals surface area contributed by atoms with E-state index in [2.05, 4.69) is 9.97 Å². The molecule has 0 aliphatic rings. The molecule has 126 valence electrons. The minimum atomic E-state index is -3.67. The lowest BCUT2D eigenvalue weighted by Gasteiger charge is -2.30. The molecular weight excluding hydrogens is 312 g/mol. The Bertz CT molecular complexity index is 738. The summed E-state index contributed by atoms with van der Waals surface area (Å²) in [7, 11) is -2.07. The summed E-state index contributed by atoms with van der Waals surface area (Å²) >= 11 is 0. The number of hydrogen-bond acceptors (Lipinski definition) is 4. The van der Waals surface area contributed by atoms with Crippen LogP contribution in [0, 0.1) is 5.92 Å². The highest BCUT2D eigenvalue weighted by Crippen LogP contribution is 2.31. The van der Waals surface area contributed by atoms with Gasteiger partial charge in [0.1, 0.15) is 0 Å². The molecular formula is C16H24N4O2S. The maximum Gasteiger partial charge on any atom is 0.262 e. The van der Waals surface area contributed by atoms with Crippen molar-refractivity contribution in [1.82, 2.24) is 18.8 Å². The number of pyridine rings is 1. The van der Waals surface area contributed by atoms with Crippen LogP contribution in [0.2, 0.25) is 0 Å². The van der Waals surface area contributed by atoms with E-state index in [1.165, 1.54) is 4.31 Å². The van der Waals surface area contributed by atoms with Gasteiger partial charge < -0.3 is 4.57 Å². The maximum absolute atomic E-state index is 12.9. The molecule has 23 heavy (non-hydrogen) atoms. The molecule has 2 aromatic heterocycles. The van der Waals surface area contributed by atoms with Gasteiger partial charge in [-0.05, 0) is 31.4 Å². The zero-order chi connectivity index (χ0) is 17.2. The van der Waals surface area contributed by atoms with Crippen molar-refractivity contribution in [1.29, 1.82) is 0 Å². The topological polar surface area (TPSA) is 68.1 Å². The molecule has 0 amide bonds. The third-order valence-electron chi connectivity index (χ3n) is 3.87. The first kappa shape index (κ1) is 17.6. The van der Waals surface area contributed by atoms with Crippen LogP contribution in [0.3, 0.4) is 0 Å². The number of nitrogens with zero attached hydrogens (tertiary/aromatic N) is 4. The van der Waals surface area contributed by atoms with Gasteiger partial charge in [-0.3, -0.25) is 4.98 Å². The van der Waals surface area contributed by atoms with Gasteiger partial charge in [-0.1, -0.05) is 19.9 Å². The average Bonchev–Trinajstić information content (AvgIpc) is 2.99. The predicted molar refractivity (Wildman–Crippen MR) is 89.4 cm³/mol. The molecule has 0 N–H and O–H groups in total. The molecule has 0 spiro atoms. The first-order valence-electron chi connectivity index (χ1n) is 7.66. The normalized spacial score (nSPS) is 13.9. The fourth-order valence-electron chi connectivity index (χ4n) is 2.60. The summed E-state index contributed by atoms with van der Waals surface area (Å²) < 4.78 is 29.0. The second-order valence-electron chi connectivity index (χ2n) is 6.25. The Kier molecular flexibility index (Phi) is 5.21. The van der Waals surface area contributed by atoms with E-state index < -0.39 is 10.0 Å². The number of rotatable bonds is 6. The standard InChI is InChI=1S/C16H24N4O2S/c1-12(2)16(14-7-6-8-17-9-14)19(5)23(21,22)15-10-20(11-18-15)13(3)4/h6-13,16H,1-5H3/t16-/m0/s1. The van der Waals surface area contributed by atoms with E-state index in [1.807, 2.05) is 39.8 Å². The monoisotopic (exact) mass is 336 g/mol. The van der Waals surface area contributed by atoms with Crippen LogP contribution < -0.4 is 0 Å². The van der Waals surface area contributed by atoms with Crippen molar-refractivity contribution < 1.29 is 8.42 Å². The summed E-state index contributed by atoms with van der Waals surface area (Å²) in [6, 6.07) is 3.59. The molecule has 0 aliphatic heterocycles. The van der Waals surface area contributed by atoms with E-state index in [-0.39, 0.29) is 23.0 Å². The van der Waals surface area contributed by atoms with Crippen molar-refractivity contribution in [2.24, 2.45) is 5.92 Å². The van der Waals surface area contributed by atoms with Gasteiger partial charge in [0.05, 0.1) is 12.4 Å². The van der Waals surface area contributed by atoms with Crippen molar-refractivity contribution in [2.75, 3.05) is 7.05 Å². The highest BCUT2D eigenvalue weighted by molar-refractivity contribution is 7.89. The quantitative estimate of drug-likeness (QED) is 0.813. The minimum absolute atomic E-state index is 0.0724. The van der Waals surface area contributed by atoms with Gasteiger partial charge in [0.2, 0.25) is 0 Å². The summed E-state index contributed by atoms with van der Waals surface area (Å²) in [4.78, 5) is 8.19. The Hall–Kier alpha value is -1.73. The Morgan fingerprint density at radius 2 is 1.91 bits per heavy atom. The van der Waals surface area contributed by atoms with Crippen molar-refractivity contribution in [3.05, 3.63) is 42.6 Å². The van der Waals surface area contributed by atoms with Gasteiger partial charge in [0, 0.05) is 31.7 Å². The van der Waals surface area contributed by atoms with E-state index in [9.17, 15) is 8.42 Å². The smallest absolute Gasteiger partial charge is 0.262 e. The van der Waals surface area contributed by atoms with Gasteiger partial charge >= 0.3 is 0 Å². The lowest BCUT2D eigenvalue weighted by atomic mass is 9.98. The predicted octanol–water partition coefficient (Wildman–Crippen LogP) is 2.88. The number of aromatic nitrogens is 3. The lowest BCUT2D eigenvalue weighted by molar-refractivity contribution is 0.299. The van der Waals surface area contributed by atoms with Crippen LogP contribution in [-0.4, -0.2) is 34.3 Å². The van der Waals surface area contributed by atoms with Crippen LogP contribution in [0.4, 0.5) is 0 Å². The molecule has 2 heterocycles. The first-order chi connectivity index (χ1) is 10.7. The third-order valence-corrected chi connectivity index (χ3v) is 5.59. The molecule has 6 nitrogen and oxygen atoms in total. The van der Waals surface area contributed by atoms with Gasteiger partial charge in [-0.25, -0.2) is 13.4 Å². The maximum atomic E-state index is 12.9. The first-order valence-corrected chi connectivity index (χ1v) is 9.10. The molecule has 0 unspecified atom stereocenters. The van der Waals surface area contributed by atoms with E-state index in [0.717, 1.165) is 5.56 Å². The van der Waals surface area contributed by atoms with Gasteiger partial charge in [0.15, 0.2) is 5.03 Å². The highest BCUT2D eigenvalue weighted by Gasteiger charge is 2.32. The summed E-state index contributed by atoms with van der Waals surface area (Å²) in [5.41, 5.74) is 0.872. The molecule has 0 saturated heterocycles. The van der Waals surface area contributed by atoms with Crippen LogP contribution in [0.5, 0.6) is 0 Å². The van der Waals surface area contributed by atoms with Crippen LogP contribution in [-0.2, 0) is 10.0 Å². The summed E-state index contributed by atoms with van der Waals surface area (Å²) in [6.07, 6.45) is 6.53. The molecule has 0 aliphatic carbocycles. The molecule has 0 radical (unpaired) electrons. The van der Waals surface area contributed by atoms with E-state index >= 15 is 0 Å². The SMILES string of the molecule is CC(C)[C@@H](c1cccnc1)N(C)S(=O)(=O)c1cn(C(C)C)cn1. The second-order valence-corrected chi connectivity index (χ2v) is 8.19. The van der Waals surface area contributed by atoms with Crippen molar-refractivity contribution >= 4 is 10.0 Å². The molecule has 2 rings (SSSR count). The van der Waals surface area contributed by atoms with Gasteiger partial charge in [0.25, 0.3) is 10.0 Å². The van der Waals surface area contributed by atoms with Crippen LogP contribution in [0.1, 0.15) is 45.3 Å². The fraction of sp³-hybridized carbons (Fsp3) is 0.500. The zero-order valence-corrected chi connectivity index (χ0v) is 15.0. The third kappa shape index (κ3) is 3.61. The Morgan fingerprint density at radius 3 is 2.39 bits per heavy atom. The summed E-state index contributed by atoms with van der Waals surface area (Å²) in [5, 5.41) is 0.0724. The van der Waals surface area contributed by atoms with Crippen LogP contribution >= 0.6 is 0 Å². The number of hydrogen-bond donors (Lipinski definition) is 0. The Balaban J connectivity index is 2.40. The number of sulfonamides is 1. The van der Waals surface area contributed by atoms with E-state index in [4.69, 9.17) is 0 Å². The Labute approximate surface area is 138 Å².